The van der Waals surface area contributed by atoms with Crippen LogP contribution in [0.1, 0.15) is 58.1 Å². The molecule has 106 valence electrons. The Morgan fingerprint density at radius 3 is 2.42 bits per heavy atom. The topological polar surface area (TPSA) is 32.3 Å². The van der Waals surface area contributed by atoms with Gasteiger partial charge in [0.2, 0.25) is 0 Å². The van der Waals surface area contributed by atoms with Crippen molar-refractivity contribution in [1.82, 2.24) is 5.32 Å². The molecule has 1 aromatic carbocycles. The molecule has 4 atom stereocenters. The predicted molar refractivity (Wildman–Crippen MR) is 80.2 cm³/mol. The molecule has 2 heteroatoms. The molecule has 2 nitrogen and oxygen atoms in total. The van der Waals surface area contributed by atoms with Gasteiger partial charge in [-0.2, -0.15) is 0 Å². The summed E-state index contributed by atoms with van der Waals surface area (Å²) in [5.41, 5.74) is 1.28. The standard InChI is InChI=1S/C17H27NO/c1-4-13-8-11-17(12(13)3)18-16(5-2)14-6-9-15(19)10-7-14/h6-7,9-10,12-13,16-19H,4-5,8,11H2,1-3H3. The average molecular weight is 261 g/mol. The fraction of sp³-hybridized carbons (Fsp3) is 0.647. The highest BCUT2D eigenvalue weighted by Gasteiger charge is 2.32. The Hall–Kier alpha value is -1.02. The molecule has 0 spiro atoms. The second-order valence-corrected chi connectivity index (χ2v) is 5.93. The summed E-state index contributed by atoms with van der Waals surface area (Å²) in [6.45, 7) is 6.92. The van der Waals surface area contributed by atoms with Crippen molar-refractivity contribution in [2.75, 3.05) is 0 Å². The Kier molecular flexibility index (Phi) is 4.87. The molecular weight excluding hydrogens is 234 g/mol. The average Bonchev–Trinajstić information content (AvgIpc) is 2.78. The number of phenols is 1. The van der Waals surface area contributed by atoms with E-state index in [1.54, 1.807) is 12.1 Å². The maximum atomic E-state index is 9.38. The minimum atomic E-state index is 0.346. The van der Waals surface area contributed by atoms with Crippen LogP contribution in [-0.2, 0) is 0 Å². The largest absolute Gasteiger partial charge is 0.508 e. The van der Waals surface area contributed by atoms with Crippen molar-refractivity contribution in [2.45, 2.75) is 58.5 Å². The Balaban J connectivity index is 2.01. The van der Waals surface area contributed by atoms with Gasteiger partial charge in [0.25, 0.3) is 0 Å². The molecule has 2 N–H and O–H groups in total. The summed E-state index contributed by atoms with van der Waals surface area (Å²) in [6, 6.07) is 8.69. The second kappa shape index (κ2) is 6.42. The van der Waals surface area contributed by atoms with Crippen LogP contribution in [0, 0.1) is 11.8 Å². The number of hydrogen-bond acceptors (Lipinski definition) is 2. The first-order valence-electron chi connectivity index (χ1n) is 7.70. The van der Waals surface area contributed by atoms with Crippen LogP contribution in [0.3, 0.4) is 0 Å². The molecular formula is C17H27NO. The lowest BCUT2D eigenvalue weighted by Crippen LogP contribution is -2.35. The third-order valence-electron chi connectivity index (χ3n) is 4.87. The van der Waals surface area contributed by atoms with E-state index >= 15 is 0 Å². The van der Waals surface area contributed by atoms with Crippen LogP contribution in [0.5, 0.6) is 5.75 Å². The molecule has 1 fully saturated rings. The smallest absolute Gasteiger partial charge is 0.115 e. The number of rotatable bonds is 5. The Bertz CT molecular complexity index is 387. The summed E-state index contributed by atoms with van der Waals surface area (Å²) in [4.78, 5) is 0. The van der Waals surface area contributed by atoms with Crippen LogP contribution in [0.4, 0.5) is 0 Å². The molecule has 1 aliphatic rings. The number of nitrogens with one attached hydrogen (secondary N) is 1. The third kappa shape index (κ3) is 3.30. The van der Waals surface area contributed by atoms with E-state index in [9.17, 15) is 5.11 Å². The summed E-state index contributed by atoms with van der Waals surface area (Å²) < 4.78 is 0. The zero-order valence-electron chi connectivity index (χ0n) is 12.4. The van der Waals surface area contributed by atoms with Gasteiger partial charge in [0.1, 0.15) is 5.75 Å². The highest BCUT2D eigenvalue weighted by atomic mass is 16.3. The van der Waals surface area contributed by atoms with E-state index in [0.717, 1.165) is 18.3 Å². The van der Waals surface area contributed by atoms with Gasteiger partial charge in [-0.3, -0.25) is 0 Å². The molecule has 0 aromatic heterocycles. The van der Waals surface area contributed by atoms with Crippen molar-refractivity contribution in [3.63, 3.8) is 0 Å². The number of aromatic hydroxyl groups is 1. The molecule has 4 unspecified atom stereocenters. The number of benzene rings is 1. The number of hydrogen-bond donors (Lipinski definition) is 2. The summed E-state index contributed by atoms with van der Waals surface area (Å²) >= 11 is 0. The van der Waals surface area contributed by atoms with E-state index < -0.39 is 0 Å². The molecule has 0 saturated heterocycles. The molecule has 1 aliphatic carbocycles. The fourth-order valence-corrected chi connectivity index (χ4v) is 3.47. The molecule has 19 heavy (non-hydrogen) atoms. The SMILES string of the molecule is CCC(NC1CCC(CC)C1C)c1ccc(O)cc1. The normalized spacial score (nSPS) is 28.5. The maximum absolute atomic E-state index is 9.38. The van der Waals surface area contributed by atoms with Crippen molar-refractivity contribution >= 4 is 0 Å². The van der Waals surface area contributed by atoms with Crippen molar-refractivity contribution in [3.05, 3.63) is 29.8 Å². The highest BCUT2D eigenvalue weighted by Crippen LogP contribution is 2.35. The zero-order valence-corrected chi connectivity index (χ0v) is 12.4. The molecule has 1 saturated carbocycles. The molecule has 1 aromatic rings. The summed E-state index contributed by atoms with van der Waals surface area (Å²) in [6.07, 6.45) is 5.05. The molecule has 0 bridgehead atoms. The fourth-order valence-electron chi connectivity index (χ4n) is 3.47. The second-order valence-electron chi connectivity index (χ2n) is 5.93. The summed E-state index contributed by atoms with van der Waals surface area (Å²) in [5.74, 6) is 2.00. The van der Waals surface area contributed by atoms with Gasteiger partial charge in [-0.05, 0) is 48.8 Å². The Labute approximate surface area is 117 Å². The van der Waals surface area contributed by atoms with Crippen molar-refractivity contribution in [1.29, 1.82) is 0 Å². The molecule has 0 radical (unpaired) electrons. The number of phenolic OH excluding ortho intramolecular Hbond substituents is 1. The Morgan fingerprint density at radius 2 is 1.89 bits per heavy atom. The quantitative estimate of drug-likeness (QED) is 0.830. The van der Waals surface area contributed by atoms with E-state index in [-0.39, 0.29) is 0 Å². The van der Waals surface area contributed by atoms with E-state index in [1.165, 1.54) is 24.8 Å². The zero-order chi connectivity index (χ0) is 13.8. The van der Waals surface area contributed by atoms with Gasteiger partial charge in [0.15, 0.2) is 0 Å². The van der Waals surface area contributed by atoms with Gasteiger partial charge in [0, 0.05) is 12.1 Å². The molecule has 2 rings (SSSR count). The molecule has 0 aliphatic heterocycles. The van der Waals surface area contributed by atoms with Gasteiger partial charge in [-0.15, -0.1) is 0 Å². The Morgan fingerprint density at radius 1 is 1.21 bits per heavy atom. The van der Waals surface area contributed by atoms with Crippen LogP contribution in [0.25, 0.3) is 0 Å². The van der Waals surface area contributed by atoms with Gasteiger partial charge < -0.3 is 10.4 Å². The lowest BCUT2D eigenvalue weighted by Gasteiger charge is -2.27. The van der Waals surface area contributed by atoms with Crippen molar-refractivity contribution < 1.29 is 5.11 Å². The van der Waals surface area contributed by atoms with Gasteiger partial charge in [0.05, 0.1) is 0 Å². The predicted octanol–water partition coefficient (Wildman–Crippen LogP) is 4.26. The van der Waals surface area contributed by atoms with Crippen LogP contribution in [-0.4, -0.2) is 11.1 Å². The van der Waals surface area contributed by atoms with Gasteiger partial charge in [-0.1, -0.05) is 39.3 Å². The molecule has 0 amide bonds. The van der Waals surface area contributed by atoms with Crippen LogP contribution >= 0.6 is 0 Å². The maximum Gasteiger partial charge on any atom is 0.115 e. The first-order chi connectivity index (χ1) is 9.15. The first kappa shape index (κ1) is 14.4. The van der Waals surface area contributed by atoms with Crippen LogP contribution in [0.15, 0.2) is 24.3 Å². The molecule has 0 heterocycles. The third-order valence-corrected chi connectivity index (χ3v) is 4.87. The lowest BCUT2D eigenvalue weighted by atomic mass is 9.92. The highest BCUT2D eigenvalue weighted by molar-refractivity contribution is 5.28. The summed E-state index contributed by atoms with van der Waals surface area (Å²) in [7, 11) is 0. The van der Waals surface area contributed by atoms with E-state index in [2.05, 4.69) is 26.1 Å². The first-order valence-corrected chi connectivity index (χ1v) is 7.70. The van der Waals surface area contributed by atoms with Gasteiger partial charge in [-0.25, -0.2) is 0 Å². The van der Waals surface area contributed by atoms with E-state index in [4.69, 9.17) is 0 Å². The van der Waals surface area contributed by atoms with Crippen molar-refractivity contribution in [2.24, 2.45) is 11.8 Å². The monoisotopic (exact) mass is 261 g/mol. The van der Waals surface area contributed by atoms with E-state index in [0.29, 0.717) is 17.8 Å². The minimum Gasteiger partial charge on any atom is -0.508 e. The van der Waals surface area contributed by atoms with Crippen LogP contribution < -0.4 is 5.32 Å². The minimum absolute atomic E-state index is 0.346. The van der Waals surface area contributed by atoms with E-state index in [1.807, 2.05) is 12.1 Å². The van der Waals surface area contributed by atoms with Gasteiger partial charge >= 0.3 is 0 Å². The lowest BCUT2D eigenvalue weighted by molar-refractivity contribution is 0.318. The van der Waals surface area contributed by atoms with Crippen molar-refractivity contribution in [3.8, 4) is 5.75 Å². The summed E-state index contributed by atoms with van der Waals surface area (Å²) in [5, 5.41) is 13.2. The van der Waals surface area contributed by atoms with Crippen LogP contribution in [0.2, 0.25) is 0 Å².